The van der Waals surface area contributed by atoms with Crippen LogP contribution in [0.25, 0.3) is 0 Å². The summed E-state index contributed by atoms with van der Waals surface area (Å²) in [5.41, 5.74) is 1.70. The number of ether oxygens (including phenoxy) is 1. The van der Waals surface area contributed by atoms with Crippen LogP contribution in [0.3, 0.4) is 0 Å². The lowest BCUT2D eigenvalue weighted by atomic mass is 10.1. The van der Waals surface area contributed by atoms with Crippen LogP contribution in [0.1, 0.15) is 22.3 Å². The second-order valence-corrected chi connectivity index (χ2v) is 5.84. The Balaban J connectivity index is 1.93. The molecule has 1 amide bonds. The molecule has 2 aromatic rings. The zero-order valence-corrected chi connectivity index (χ0v) is 14.2. The van der Waals surface area contributed by atoms with Crippen LogP contribution in [0.5, 0.6) is 5.75 Å². The number of pyridine rings is 1. The third-order valence-corrected chi connectivity index (χ3v) is 3.91. The second-order valence-electron chi connectivity index (χ2n) is 5.08. The maximum absolute atomic E-state index is 12.2. The maximum atomic E-state index is 12.2. The SMILES string of the molecule is [CH2]CC(COc1cnc(Cl)c(Cl)c1)NC(=O)c1ccc(C)cc1. The zero-order chi connectivity index (χ0) is 16.8. The van der Waals surface area contributed by atoms with E-state index in [9.17, 15) is 4.79 Å². The summed E-state index contributed by atoms with van der Waals surface area (Å²) in [6, 6.07) is 8.72. The Bertz CT molecular complexity index is 675. The first-order chi connectivity index (χ1) is 11.0. The van der Waals surface area contributed by atoms with Gasteiger partial charge in [0.15, 0.2) is 0 Å². The molecule has 0 fully saturated rings. The van der Waals surface area contributed by atoms with Gasteiger partial charge in [-0.15, -0.1) is 0 Å². The van der Waals surface area contributed by atoms with Crippen LogP contribution in [-0.2, 0) is 0 Å². The molecule has 1 radical (unpaired) electrons. The highest BCUT2D eigenvalue weighted by Crippen LogP contribution is 2.23. The predicted octanol–water partition coefficient (Wildman–Crippen LogP) is 4.10. The molecule has 6 heteroatoms. The van der Waals surface area contributed by atoms with Crippen molar-refractivity contribution >= 4 is 29.1 Å². The molecule has 0 saturated heterocycles. The fourth-order valence-electron chi connectivity index (χ4n) is 1.85. The molecule has 23 heavy (non-hydrogen) atoms. The molecule has 0 aliphatic heterocycles. The van der Waals surface area contributed by atoms with E-state index in [1.54, 1.807) is 18.2 Å². The van der Waals surface area contributed by atoms with E-state index in [0.717, 1.165) is 5.56 Å². The summed E-state index contributed by atoms with van der Waals surface area (Å²) < 4.78 is 5.59. The van der Waals surface area contributed by atoms with Gasteiger partial charge in [-0.3, -0.25) is 4.79 Å². The summed E-state index contributed by atoms with van der Waals surface area (Å²) in [5.74, 6) is 0.331. The molecule has 0 aliphatic carbocycles. The quantitative estimate of drug-likeness (QED) is 0.797. The summed E-state index contributed by atoms with van der Waals surface area (Å²) in [7, 11) is 0. The van der Waals surface area contributed by atoms with Gasteiger partial charge in [-0.05, 0) is 25.5 Å². The average Bonchev–Trinajstić information content (AvgIpc) is 2.55. The Labute approximate surface area is 145 Å². The number of aromatic nitrogens is 1. The lowest BCUT2D eigenvalue weighted by molar-refractivity contribution is 0.0922. The number of nitrogens with zero attached hydrogens (tertiary/aromatic N) is 1. The molecule has 121 valence electrons. The van der Waals surface area contributed by atoms with E-state index < -0.39 is 0 Å². The molecule has 2 rings (SSSR count). The fourth-order valence-corrected chi connectivity index (χ4v) is 2.11. The van der Waals surface area contributed by atoms with Gasteiger partial charge < -0.3 is 10.1 Å². The van der Waals surface area contributed by atoms with Crippen LogP contribution in [0.4, 0.5) is 0 Å². The third-order valence-electron chi connectivity index (χ3n) is 3.22. The highest BCUT2D eigenvalue weighted by molar-refractivity contribution is 6.41. The van der Waals surface area contributed by atoms with Crippen molar-refractivity contribution < 1.29 is 9.53 Å². The predicted molar refractivity (Wildman–Crippen MR) is 92.2 cm³/mol. The number of nitrogens with one attached hydrogen (secondary N) is 1. The number of carbonyl (C=O) groups is 1. The van der Waals surface area contributed by atoms with Crippen molar-refractivity contribution in [1.29, 1.82) is 0 Å². The van der Waals surface area contributed by atoms with Crippen LogP contribution in [0.15, 0.2) is 36.5 Å². The Kier molecular flexibility index (Phi) is 6.25. The average molecular weight is 352 g/mol. The number of hydrogen-bond acceptors (Lipinski definition) is 3. The number of halogens is 2. The minimum absolute atomic E-state index is 0.158. The van der Waals surface area contributed by atoms with Crippen LogP contribution in [0.2, 0.25) is 10.2 Å². The highest BCUT2D eigenvalue weighted by Gasteiger charge is 2.13. The fraction of sp³-hybridized carbons (Fsp3) is 0.235. The van der Waals surface area contributed by atoms with Crippen LogP contribution in [0, 0.1) is 13.8 Å². The van der Waals surface area contributed by atoms with E-state index in [4.69, 9.17) is 27.9 Å². The first-order valence-electron chi connectivity index (χ1n) is 7.10. The van der Waals surface area contributed by atoms with Gasteiger partial charge in [0.05, 0.1) is 17.3 Å². The Morgan fingerprint density at radius 3 is 2.65 bits per heavy atom. The molecular weight excluding hydrogens is 335 g/mol. The van der Waals surface area contributed by atoms with Crippen molar-refractivity contribution in [2.24, 2.45) is 0 Å². The van der Waals surface area contributed by atoms with E-state index in [0.29, 0.717) is 22.8 Å². The van der Waals surface area contributed by atoms with Crippen LogP contribution in [-0.4, -0.2) is 23.5 Å². The smallest absolute Gasteiger partial charge is 0.251 e. The normalized spacial score (nSPS) is 11.8. The lowest BCUT2D eigenvalue weighted by Crippen LogP contribution is -2.38. The third kappa shape index (κ3) is 5.12. The summed E-state index contributed by atoms with van der Waals surface area (Å²) in [6.45, 7) is 6.07. The van der Waals surface area contributed by atoms with E-state index in [2.05, 4.69) is 17.2 Å². The van der Waals surface area contributed by atoms with Gasteiger partial charge in [0.2, 0.25) is 0 Å². The van der Waals surface area contributed by atoms with Gasteiger partial charge in [0.25, 0.3) is 5.91 Å². The number of rotatable bonds is 6. The lowest BCUT2D eigenvalue weighted by Gasteiger charge is -2.18. The van der Waals surface area contributed by atoms with Crippen molar-refractivity contribution in [2.45, 2.75) is 19.4 Å². The largest absolute Gasteiger partial charge is 0.490 e. The summed E-state index contributed by atoms with van der Waals surface area (Å²) >= 11 is 11.6. The van der Waals surface area contributed by atoms with Crippen molar-refractivity contribution in [3.8, 4) is 5.75 Å². The maximum Gasteiger partial charge on any atom is 0.251 e. The van der Waals surface area contributed by atoms with Crippen LogP contribution < -0.4 is 10.1 Å². The summed E-state index contributed by atoms with van der Waals surface area (Å²) in [6.07, 6.45) is 1.97. The molecule has 1 N–H and O–H groups in total. The standard InChI is InChI=1S/C17H17Cl2N2O2/c1-3-13(10-23-14-8-15(18)16(19)20-9-14)21-17(22)12-6-4-11(2)5-7-12/h4-9,13H,1,3,10H2,2H3,(H,21,22). The van der Waals surface area contributed by atoms with Gasteiger partial charge in [-0.25, -0.2) is 4.98 Å². The van der Waals surface area contributed by atoms with Gasteiger partial charge in [-0.2, -0.15) is 0 Å². The van der Waals surface area contributed by atoms with Crippen molar-refractivity contribution in [3.63, 3.8) is 0 Å². The molecule has 0 saturated carbocycles. The van der Waals surface area contributed by atoms with Crippen LogP contribution >= 0.6 is 23.2 Å². The van der Waals surface area contributed by atoms with E-state index in [-0.39, 0.29) is 23.7 Å². The Morgan fingerprint density at radius 1 is 1.35 bits per heavy atom. The highest BCUT2D eigenvalue weighted by atomic mass is 35.5. The van der Waals surface area contributed by atoms with Crippen molar-refractivity contribution in [1.82, 2.24) is 10.3 Å². The second kappa shape index (κ2) is 8.18. The van der Waals surface area contributed by atoms with E-state index >= 15 is 0 Å². The number of benzene rings is 1. The summed E-state index contributed by atoms with van der Waals surface area (Å²) in [4.78, 5) is 16.1. The molecule has 4 nitrogen and oxygen atoms in total. The molecule has 1 unspecified atom stereocenters. The molecule has 1 heterocycles. The van der Waals surface area contributed by atoms with Gasteiger partial charge in [0.1, 0.15) is 17.5 Å². The number of amides is 1. The molecule has 0 aliphatic rings. The molecule has 1 aromatic heterocycles. The minimum atomic E-state index is -0.224. The molecule has 1 atom stereocenters. The van der Waals surface area contributed by atoms with Gasteiger partial charge in [-0.1, -0.05) is 47.8 Å². The minimum Gasteiger partial charge on any atom is -0.490 e. The Hall–Kier alpha value is -1.78. The van der Waals surface area contributed by atoms with Gasteiger partial charge >= 0.3 is 0 Å². The molecule has 0 spiro atoms. The Morgan fingerprint density at radius 2 is 2.04 bits per heavy atom. The molecule has 1 aromatic carbocycles. The van der Waals surface area contributed by atoms with E-state index in [1.807, 2.05) is 19.1 Å². The summed E-state index contributed by atoms with van der Waals surface area (Å²) in [5, 5.41) is 3.43. The number of aryl methyl sites for hydroxylation is 1. The number of carbonyl (C=O) groups excluding carboxylic acids is 1. The van der Waals surface area contributed by atoms with Crippen molar-refractivity contribution in [3.05, 3.63) is 64.8 Å². The zero-order valence-electron chi connectivity index (χ0n) is 12.7. The van der Waals surface area contributed by atoms with Gasteiger partial charge in [0, 0.05) is 11.6 Å². The first kappa shape index (κ1) is 17.6. The molecular formula is C17H17Cl2N2O2. The first-order valence-corrected chi connectivity index (χ1v) is 7.86. The number of hydrogen-bond donors (Lipinski definition) is 1. The topological polar surface area (TPSA) is 51.2 Å². The monoisotopic (exact) mass is 351 g/mol. The van der Waals surface area contributed by atoms with Crippen molar-refractivity contribution in [2.75, 3.05) is 6.61 Å². The van der Waals surface area contributed by atoms with E-state index in [1.165, 1.54) is 6.20 Å². The molecule has 0 bridgehead atoms.